The van der Waals surface area contributed by atoms with Crippen molar-refractivity contribution in [3.63, 3.8) is 0 Å². The van der Waals surface area contributed by atoms with Gasteiger partial charge in [-0.25, -0.2) is 9.78 Å². The summed E-state index contributed by atoms with van der Waals surface area (Å²) in [5.74, 6) is 0.369. The lowest BCUT2D eigenvalue weighted by Gasteiger charge is -2.33. The highest BCUT2D eigenvalue weighted by atomic mass is 35.5. The Morgan fingerprint density at radius 3 is 2.69 bits per heavy atom. The summed E-state index contributed by atoms with van der Waals surface area (Å²) in [5.41, 5.74) is 1.43. The maximum absolute atomic E-state index is 12.4. The average molecular weight is 432 g/mol. The van der Waals surface area contributed by atoms with Gasteiger partial charge in [0, 0.05) is 35.7 Å². The minimum absolute atomic E-state index is 0.224. The summed E-state index contributed by atoms with van der Waals surface area (Å²) in [5, 5.41) is 3.18. The van der Waals surface area contributed by atoms with Gasteiger partial charge in [0.2, 0.25) is 0 Å². The van der Waals surface area contributed by atoms with Crippen LogP contribution in [0.15, 0.2) is 42.0 Å². The van der Waals surface area contributed by atoms with Crippen molar-refractivity contribution >= 4 is 40.1 Å². The van der Waals surface area contributed by atoms with Crippen molar-refractivity contribution < 1.29 is 9.53 Å². The fourth-order valence-corrected chi connectivity index (χ4v) is 4.94. The monoisotopic (exact) mass is 431 g/mol. The molecule has 1 aliphatic rings. The summed E-state index contributed by atoms with van der Waals surface area (Å²) >= 11 is 8.44. The Kier molecular flexibility index (Phi) is 5.58. The van der Waals surface area contributed by atoms with Crippen LogP contribution in [-0.2, 0) is 4.74 Å². The number of alkyl halides is 1. The maximum atomic E-state index is 12.4. The molecule has 154 valence electrons. The highest BCUT2D eigenvalue weighted by molar-refractivity contribution is 7.10. The van der Waals surface area contributed by atoms with Crippen molar-refractivity contribution in [1.29, 1.82) is 0 Å². The van der Waals surface area contributed by atoms with E-state index in [1.54, 1.807) is 11.3 Å². The number of thiophene rings is 1. The van der Waals surface area contributed by atoms with Gasteiger partial charge < -0.3 is 14.2 Å². The third kappa shape index (κ3) is 4.28. The molecule has 1 fully saturated rings. The molecule has 0 aliphatic carbocycles. The standard InChI is InChI=1S/C22H26ClN3O2S/c1-22(2,3)28-21(27)25-11-8-15(9-12-25)17-14-26(19(23)18-7-5-13-29-18)20-16(17)6-4-10-24-20/h4-7,10,13-15,19H,8-9,11-12H2,1-3H3. The van der Waals surface area contributed by atoms with E-state index in [4.69, 9.17) is 16.3 Å². The molecular formula is C22H26ClN3O2S. The van der Waals surface area contributed by atoms with Gasteiger partial charge in [-0.15, -0.1) is 11.3 Å². The highest BCUT2D eigenvalue weighted by Gasteiger charge is 2.29. The van der Waals surface area contributed by atoms with Crippen LogP contribution in [0.25, 0.3) is 11.0 Å². The topological polar surface area (TPSA) is 47.4 Å². The fourth-order valence-electron chi connectivity index (χ4n) is 3.87. The molecule has 1 unspecified atom stereocenters. The van der Waals surface area contributed by atoms with E-state index in [0.717, 1.165) is 28.8 Å². The Balaban J connectivity index is 1.56. The normalized spacial score (nSPS) is 16.9. The summed E-state index contributed by atoms with van der Waals surface area (Å²) in [4.78, 5) is 19.9. The number of amides is 1. The molecule has 0 saturated carbocycles. The smallest absolute Gasteiger partial charge is 0.410 e. The molecule has 0 aromatic carbocycles. The number of halogens is 1. The van der Waals surface area contributed by atoms with Gasteiger partial charge in [-0.3, -0.25) is 0 Å². The first kappa shape index (κ1) is 20.2. The molecule has 0 spiro atoms. The van der Waals surface area contributed by atoms with Crippen LogP contribution in [0.4, 0.5) is 4.79 Å². The minimum Gasteiger partial charge on any atom is -0.444 e. The minimum atomic E-state index is -0.468. The number of ether oxygens (including phenoxy) is 1. The van der Waals surface area contributed by atoms with Gasteiger partial charge in [0.15, 0.2) is 0 Å². The van der Waals surface area contributed by atoms with E-state index in [9.17, 15) is 4.79 Å². The van der Waals surface area contributed by atoms with E-state index < -0.39 is 5.60 Å². The van der Waals surface area contributed by atoms with Gasteiger partial charge >= 0.3 is 6.09 Å². The largest absolute Gasteiger partial charge is 0.444 e. The van der Waals surface area contributed by atoms with E-state index in [1.807, 2.05) is 49.4 Å². The second kappa shape index (κ2) is 8.00. The van der Waals surface area contributed by atoms with Crippen LogP contribution in [0.2, 0.25) is 0 Å². The Morgan fingerprint density at radius 2 is 2.03 bits per heavy atom. The van der Waals surface area contributed by atoms with Gasteiger partial charge in [-0.05, 0) is 68.7 Å². The van der Waals surface area contributed by atoms with Crippen LogP contribution in [0.5, 0.6) is 0 Å². The molecule has 29 heavy (non-hydrogen) atoms. The van der Waals surface area contributed by atoms with Crippen molar-refractivity contribution in [2.24, 2.45) is 0 Å². The summed E-state index contributed by atoms with van der Waals surface area (Å²) in [7, 11) is 0. The van der Waals surface area contributed by atoms with E-state index in [2.05, 4.69) is 27.9 Å². The van der Waals surface area contributed by atoms with Gasteiger partial charge in [-0.2, -0.15) is 0 Å². The number of fused-ring (bicyclic) bond motifs is 1. The number of pyridine rings is 1. The molecule has 1 atom stereocenters. The molecule has 5 nitrogen and oxygen atoms in total. The van der Waals surface area contributed by atoms with Gasteiger partial charge in [0.25, 0.3) is 0 Å². The fraction of sp³-hybridized carbons (Fsp3) is 0.455. The Hall–Kier alpha value is -2.05. The van der Waals surface area contributed by atoms with Crippen molar-refractivity contribution in [1.82, 2.24) is 14.5 Å². The molecule has 4 rings (SSSR count). The Morgan fingerprint density at radius 1 is 1.28 bits per heavy atom. The van der Waals surface area contributed by atoms with Crippen molar-refractivity contribution in [3.8, 4) is 0 Å². The highest BCUT2D eigenvalue weighted by Crippen LogP contribution is 2.38. The summed E-state index contributed by atoms with van der Waals surface area (Å²) < 4.78 is 7.59. The molecule has 1 aliphatic heterocycles. The SMILES string of the molecule is CC(C)(C)OC(=O)N1CCC(c2cn(C(Cl)c3cccs3)c3ncccc23)CC1. The molecule has 0 N–H and O–H groups in total. The number of carbonyl (C=O) groups excluding carboxylic acids is 1. The first-order valence-electron chi connectivity index (χ1n) is 9.94. The van der Waals surface area contributed by atoms with E-state index in [1.165, 1.54) is 5.56 Å². The van der Waals surface area contributed by atoms with Crippen LogP contribution in [0.3, 0.4) is 0 Å². The molecule has 0 bridgehead atoms. The predicted octanol–water partition coefficient (Wildman–Crippen LogP) is 6.00. The Bertz CT molecular complexity index is 985. The predicted molar refractivity (Wildman–Crippen MR) is 118 cm³/mol. The number of piperidine rings is 1. The lowest BCUT2D eigenvalue weighted by Crippen LogP contribution is -2.41. The van der Waals surface area contributed by atoms with Crippen LogP contribution in [-0.4, -0.2) is 39.2 Å². The number of carbonyl (C=O) groups is 1. The molecule has 1 saturated heterocycles. The molecule has 0 radical (unpaired) electrons. The number of aromatic nitrogens is 2. The number of hydrogen-bond acceptors (Lipinski definition) is 4. The number of hydrogen-bond donors (Lipinski definition) is 0. The van der Waals surface area contributed by atoms with Gasteiger partial charge in [0.05, 0.1) is 0 Å². The van der Waals surface area contributed by atoms with E-state index in [-0.39, 0.29) is 11.6 Å². The second-order valence-corrected chi connectivity index (χ2v) is 9.85. The third-order valence-electron chi connectivity index (χ3n) is 5.23. The number of likely N-dealkylation sites (tertiary alicyclic amines) is 1. The molecule has 4 heterocycles. The van der Waals surface area contributed by atoms with E-state index >= 15 is 0 Å². The third-order valence-corrected chi connectivity index (χ3v) is 6.73. The second-order valence-electron chi connectivity index (χ2n) is 8.46. The van der Waals surface area contributed by atoms with Crippen molar-refractivity contribution in [2.75, 3.05) is 13.1 Å². The first-order chi connectivity index (χ1) is 13.8. The zero-order valence-electron chi connectivity index (χ0n) is 17.0. The number of nitrogens with zero attached hydrogens (tertiary/aromatic N) is 3. The van der Waals surface area contributed by atoms with Gasteiger partial charge in [-0.1, -0.05) is 17.7 Å². The summed E-state index contributed by atoms with van der Waals surface area (Å²) in [6.07, 6.45) is 5.55. The quantitative estimate of drug-likeness (QED) is 0.478. The zero-order valence-corrected chi connectivity index (χ0v) is 18.5. The molecule has 3 aromatic heterocycles. The molecular weight excluding hydrogens is 406 g/mol. The average Bonchev–Trinajstić information content (AvgIpc) is 3.35. The first-order valence-corrected chi connectivity index (χ1v) is 11.3. The van der Waals surface area contributed by atoms with Gasteiger partial charge in [0.1, 0.15) is 16.7 Å². The lowest BCUT2D eigenvalue weighted by molar-refractivity contribution is 0.0205. The molecule has 3 aromatic rings. The zero-order chi connectivity index (χ0) is 20.6. The molecule has 1 amide bonds. The Labute approximate surface area is 180 Å². The summed E-state index contributed by atoms with van der Waals surface area (Å²) in [6, 6.07) is 8.16. The number of rotatable bonds is 3. The summed E-state index contributed by atoms with van der Waals surface area (Å²) in [6.45, 7) is 7.09. The maximum Gasteiger partial charge on any atom is 0.410 e. The van der Waals surface area contributed by atoms with Crippen LogP contribution < -0.4 is 0 Å². The van der Waals surface area contributed by atoms with Crippen LogP contribution in [0.1, 0.15) is 55.5 Å². The lowest BCUT2D eigenvalue weighted by atomic mass is 9.90. The van der Waals surface area contributed by atoms with E-state index in [0.29, 0.717) is 19.0 Å². The van der Waals surface area contributed by atoms with Crippen molar-refractivity contribution in [2.45, 2.75) is 50.6 Å². The molecule has 7 heteroatoms. The van der Waals surface area contributed by atoms with Crippen LogP contribution >= 0.6 is 22.9 Å². The van der Waals surface area contributed by atoms with Crippen LogP contribution in [0, 0.1) is 0 Å². The van der Waals surface area contributed by atoms with Crippen molar-refractivity contribution in [3.05, 3.63) is 52.5 Å².